The molecule has 0 aromatic rings. The zero-order chi connectivity index (χ0) is 14.8. The summed E-state index contributed by atoms with van der Waals surface area (Å²) in [6, 6.07) is -0.872. The van der Waals surface area contributed by atoms with Crippen LogP contribution in [0.1, 0.15) is 27.2 Å². The van der Waals surface area contributed by atoms with Gasteiger partial charge in [-0.3, -0.25) is 4.79 Å². The maximum absolute atomic E-state index is 13.7. The molecule has 1 heterocycles. The van der Waals surface area contributed by atoms with Crippen LogP contribution < -0.4 is 5.32 Å². The minimum absolute atomic E-state index is 0.0476. The van der Waals surface area contributed by atoms with Crippen LogP contribution in [0.5, 0.6) is 0 Å². The molecule has 7 heteroatoms. The van der Waals surface area contributed by atoms with Gasteiger partial charge in [0.25, 0.3) is 5.92 Å². The third-order valence-corrected chi connectivity index (χ3v) is 3.62. The quantitative estimate of drug-likeness (QED) is 0.826. The van der Waals surface area contributed by atoms with E-state index in [0.717, 1.165) is 0 Å². The molecule has 1 aliphatic rings. The average molecular weight is 278 g/mol. The molecule has 1 fully saturated rings. The van der Waals surface area contributed by atoms with Crippen LogP contribution in [-0.4, -0.2) is 47.1 Å². The van der Waals surface area contributed by atoms with Crippen molar-refractivity contribution in [2.45, 2.75) is 39.2 Å². The first-order chi connectivity index (χ1) is 8.70. The van der Waals surface area contributed by atoms with Gasteiger partial charge >= 0.3 is 6.09 Å². The van der Waals surface area contributed by atoms with Crippen molar-refractivity contribution in [3.8, 4) is 0 Å². The number of hydrogen-bond donors (Lipinski definition) is 2. The Labute approximate surface area is 111 Å². The molecule has 1 rings (SSSR count). The maximum Gasteiger partial charge on any atom is 0.405 e. The standard InChI is InChI=1S/C12H20F2N2O3/c1-4-9(15-11(18)19)10(17)16-5-7(2)12(13,14)8(3)6-16/h7-9,15H,4-6H2,1-3H3,(H,18,19)/t7-,8+,9?. The van der Waals surface area contributed by atoms with Gasteiger partial charge in [-0.2, -0.15) is 0 Å². The van der Waals surface area contributed by atoms with Gasteiger partial charge in [0.2, 0.25) is 5.91 Å². The lowest BCUT2D eigenvalue weighted by molar-refractivity contribution is -0.159. The summed E-state index contributed by atoms with van der Waals surface area (Å²) >= 11 is 0. The molecule has 2 amide bonds. The zero-order valence-electron chi connectivity index (χ0n) is 11.3. The molecular formula is C12H20F2N2O3. The van der Waals surface area contributed by atoms with Gasteiger partial charge < -0.3 is 15.3 Å². The predicted octanol–water partition coefficient (Wildman–Crippen LogP) is 1.78. The van der Waals surface area contributed by atoms with Crippen molar-refractivity contribution < 1.29 is 23.5 Å². The molecule has 0 radical (unpaired) electrons. The molecule has 5 nitrogen and oxygen atoms in total. The van der Waals surface area contributed by atoms with Crippen LogP contribution in [0.15, 0.2) is 0 Å². The summed E-state index contributed by atoms with van der Waals surface area (Å²) in [5, 5.41) is 10.8. The Morgan fingerprint density at radius 2 is 1.84 bits per heavy atom. The SMILES string of the molecule is CCC(NC(=O)O)C(=O)N1C[C@@H](C)C(F)(F)[C@@H](C)C1. The molecule has 3 atom stereocenters. The van der Waals surface area contributed by atoms with Crippen molar-refractivity contribution in [1.82, 2.24) is 10.2 Å². The second kappa shape index (κ2) is 5.71. The van der Waals surface area contributed by atoms with Gasteiger partial charge in [-0.15, -0.1) is 0 Å². The molecule has 19 heavy (non-hydrogen) atoms. The van der Waals surface area contributed by atoms with Crippen molar-refractivity contribution in [3.63, 3.8) is 0 Å². The molecule has 110 valence electrons. The number of carbonyl (C=O) groups is 2. The van der Waals surface area contributed by atoms with E-state index in [1.54, 1.807) is 6.92 Å². The Balaban J connectivity index is 2.75. The summed E-state index contributed by atoms with van der Waals surface area (Å²) in [7, 11) is 0. The number of hydrogen-bond acceptors (Lipinski definition) is 2. The van der Waals surface area contributed by atoms with E-state index in [9.17, 15) is 18.4 Å². The number of halogens is 2. The van der Waals surface area contributed by atoms with E-state index in [4.69, 9.17) is 5.11 Å². The maximum atomic E-state index is 13.7. The fraction of sp³-hybridized carbons (Fsp3) is 0.833. The lowest BCUT2D eigenvalue weighted by Crippen LogP contribution is -2.57. The summed E-state index contributed by atoms with van der Waals surface area (Å²) in [4.78, 5) is 24.0. The van der Waals surface area contributed by atoms with Gasteiger partial charge in [0, 0.05) is 24.9 Å². The summed E-state index contributed by atoms with van der Waals surface area (Å²) in [6.07, 6.45) is -0.996. The number of amides is 2. The number of carboxylic acid groups (broad SMARTS) is 1. The lowest BCUT2D eigenvalue weighted by Gasteiger charge is -2.42. The first-order valence-corrected chi connectivity index (χ1v) is 6.36. The van der Waals surface area contributed by atoms with Crippen molar-refractivity contribution in [2.24, 2.45) is 11.8 Å². The van der Waals surface area contributed by atoms with Crippen LogP contribution in [0.2, 0.25) is 0 Å². The van der Waals surface area contributed by atoms with Crippen LogP contribution in [0, 0.1) is 11.8 Å². The molecule has 0 aromatic carbocycles. The van der Waals surface area contributed by atoms with E-state index in [1.165, 1.54) is 18.7 Å². The van der Waals surface area contributed by atoms with Crippen LogP contribution in [0.4, 0.5) is 13.6 Å². The highest BCUT2D eigenvalue weighted by molar-refractivity contribution is 5.85. The van der Waals surface area contributed by atoms with Gasteiger partial charge in [-0.1, -0.05) is 20.8 Å². The Morgan fingerprint density at radius 1 is 1.37 bits per heavy atom. The summed E-state index contributed by atoms with van der Waals surface area (Å²) in [5.41, 5.74) is 0. The van der Waals surface area contributed by atoms with Crippen LogP contribution >= 0.6 is 0 Å². The Hall–Kier alpha value is -1.40. The predicted molar refractivity (Wildman–Crippen MR) is 65.1 cm³/mol. The second-order valence-electron chi connectivity index (χ2n) is 5.13. The first-order valence-electron chi connectivity index (χ1n) is 6.36. The zero-order valence-corrected chi connectivity index (χ0v) is 11.3. The highest BCUT2D eigenvalue weighted by Crippen LogP contribution is 2.37. The monoisotopic (exact) mass is 278 g/mol. The average Bonchev–Trinajstić information content (AvgIpc) is 2.31. The Kier molecular flexibility index (Phi) is 4.70. The normalized spacial score (nSPS) is 27.7. The smallest absolute Gasteiger partial charge is 0.405 e. The molecule has 0 aromatic heterocycles. The summed E-state index contributed by atoms with van der Waals surface area (Å²) in [6.45, 7) is 4.38. The highest BCUT2D eigenvalue weighted by atomic mass is 19.3. The molecule has 1 unspecified atom stereocenters. The summed E-state index contributed by atoms with van der Waals surface area (Å²) in [5.74, 6) is -5.08. The van der Waals surface area contributed by atoms with E-state index < -0.39 is 35.8 Å². The number of likely N-dealkylation sites (tertiary alicyclic amines) is 1. The number of carbonyl (C=O) groups excluding carboxylic acids is 1. The van der Waals surface area contributed by atoms with Crippen LogP contribution in [0.25, 0.3) is 0 Å². The molecular weight excluding hydrogens is 258 g/mol. The van der Waals surface area contributed by atoms with Crippen molar-refractivity contribution in [2.75, 3.05) is 13.1 Å². The number of piperidine rings is 1. The number of nitrogens with one attached hydrogen (secondary N) is 1. The van der Waals surface area contributed by atoms with E-state index in [0.29, 0.717) is 6.42 Å². The first kappa shape index (κ1) is 15.7. The van der Waals surface area contributed by atoms with E-state index >= 15 is 0 Å². The van der Waals surface area contributed by atoms with Gasteiger partial charge in [0.05, 0.1) is 0 Å². The molecule has 1 aliphatic heterocycles. The van der Waals surface area contributed by atoms with Crippen LogP contribution in [0.3, 0.4) is 0 Å². The van der Waals surface area contributed by atoms with Gasteiger partial charge in [-0.05, 0) is 6.42 Å². The minimum Gasteiger partial charge on any atom is -0.465 e. The molecule has 0 aliphatic carbocycles. The van der Waals surface area contributed by atoms with E-state index in [1.807, 2.05) is 0 Å². The largest absolute Gasteiger partial charge is 0.465 e. The molecule has 2 N–H and O–H groups in total. The van der Waals surface area contributed by atoms with E-state index in [2.05, 4.69) is 5.32 Å². The van der Waals surface area contributed by atoms with Gasteiger partial charge in [0.15, 0.2) is 0 Å². The number of alkyl halides is 2. The van der Waals surface area contributed by atoms with Crippen LogP contribution in [-0.2, 0) is 4.79 Å². The molecule has 0 spiro atoms. The molecule has 0 bridgehead atoms. The highest BCUT2D eigenvalue weighted by Gasteiger charge is 2.48. The minimum atomic E-state index is -2.79. The van der Waals surface area contributed by atoms with Crippen molar-refractivity contribution in [1.29, 1.82) is 0 Å². The fourth-order valence-corrected chi connectivity index (χ4v) is 2.35. The molecule has 0 saturated carbocycles. The third-order valence-electron chi connectivity index (χ3n) is 3.62. The van der Waals surface area contributed by atoms with Crippen molar-refractivity contribution in [3.05, 3.63) is 0 Å². The van der Waals surface area contributed by atoms with E-state index in [-0.39, 0.29) is 13.1 Å². The Bertz CT molecular complexity index is 349. The number of rotatable bonds is 3. The lowest BCUT2D eigenvalue weighted by atomic mass is 9.87. The van der Waals surface area contributed by atoms with Crippen molar-refractivity contribution >= 4 is 12.0 Å². The van der Waals surface area contributed by atoms with Gasteiger partial charge in [0.1, 0.15) is 6.04 Å². The second-order valence-corrected chi connectivity index (χ2v) is 5.13. The van der Waals surface area contributed by atoms with Gasteiger partial charge in [-0.25, -0.2) is 13.6 Å². The fourth-order valence-electron chi connectivity index (χ4n) is 2.35. The Morgan fingerprint density at radius 3 is 2.21 bits per heavy atom. The summed E-state index contributed by atoms with van der Waals surface area (Å²) < 4.78 is 27.3. The number of nitrogens with zero attached hydrogens (tertiary/aromatic N) is 1. The molecule has 1 saturated heterocycles. The third kappa shape index (κ3) is 3.33. The topological polar surface area (TPSA) is 69.6 Å².